The van der Waals surface area contributed by atoms with Gasteiger partial charge in [0.1, 0.15) is 17.6 Å². The van der Waals surface area contributed by atoms with Crippen LogP contribution in [0.25, 0.3) is 0 Å². The number of aliphatic imine (C=N–C) groups is 2. The molecular weight excluding hydrogens is 514 g/mol. The van der Waals surface area contributed by atoms with Crippen LogP contribution in [0.15, 0.2) is 81.3 Å². The highest BCUT2D eigenvalue weighted by Gasteiger charge is 2.43. The highest BCUT2D eigenvalue weighted by atomic mass is 32.2. The Balaban J connectivity index is 1.33. The van der Waals surface area contributed by atoms with Gasteiger partial charge in [0.25, 0.3) is 5.91 Å². The Labute approximate surface area is 230 Å². The first-order valence-corrected chi connectivity index (χ1v) is 13.8. The SMILES string of the molecule is CCc1ccc(NC(=O)[C@@H](CC)SC2=Nc3ccccc3C3=N[C@@H](CC(=O)NCc4ccco4)C(=O)N23)cc1. The number of furan rings is 1. The number of fused-ring (bicyclic) bond motifs is 3. The Morgan fingerprint density at radius 1 is 1.08 bits per heavy atom. The number of amidine groups is 2. The number of amides is 3. The number of carbonyl (C=O) groups is 3. The van der Waals surface area contributed by atoms with Crippen LogP contribution in [0.3, 0.4) is 0 Å². The number of hydrogen-bond acceptors (Lipinski definition) is 7. The lowest BCUT2D eigenvalue weighted by Gasteiger charge is -2.27. The van der Waals surface area contributed by atoms with E-state index in [1.165, 1.54) is 28.5 Å². The molecule has 3 heterocycles. The average molecular weight is 544 g/mol. The van der Waals surface area contributed by atoms with Gasteiger partial charge >= 0.3 is 0 Å². The van der Waals surface area contributed by atoms with Crippen molar-refractivity contribution >= 4 is 51.9 Å². The van der Waals surface area contributed by atoms with Gasteiger partial charge in [-0.1, -0.05) is 49.9 Å². The van der Waals surface area contributed by atoms with Crippen LogP contribution in [0, 0.1) is 0 Å². The van der Waals surface area contributed by atoms with Gasteiger partial charge in [0.05, 0.1) is 30.2 Å². The second-order valence-corrected chi connectivity index (χ2v) is 10.3. The zero-order valence-corrected chi connectivity index (χ0v) is 22.5. The fourth-order valence-electron chi connectivity index (χ4n) is 4.36. The third-order valence-corrected chi connectivity index (χ3v) is 7.82. The Bertz CT molecular complexity index is 1430. The standard InChI is InChI=1S/C29H29N5O4S/c1-3-18-11-13-19(14-12-18)31-27(36)24(4-2)39-29-33-22-10-6-5-9-21(22)26-32-23(28(37)34(26)29)16-25(35)30-17-20-8-7-15-38-20/h5-15,23-24H,3-4,16-17H2,1-2H3,(H,30,35)(H,31,36)/t23-,24+/m0/s1. The van der Waals surface area contributed by atoms with Gasteiger partial charge in [0, 0.05) is 11.3 Å². The van der Waals surface area contributed by atoms with Crippen LogP contribution < -0.4 is 10.6 Å². The molecule has 0 spiro atoms. The van der Waals surface area contributed by atoms with Gasteiger partial charge < -0.3 is 15.1 Å². The molecule has 5 rings (SSSR count). The molecule has 0 fully saturated rings. The Kier molecular flexibility index (Phi) is 7.92. The molecule has 2 aromatic carbocycles. The molecule has 2 N–H and O–H groups in total. The Morgan fingerprint density at radius 3 is 2.59 bits per heavy atom. The van der Waals surface area contributed by atoms with E-state index in [2.05, 4.69) is 22.5 Å². The Morgan fingerprint density at radius 2 is 1.87 bits per heavy atom. The van der Waals surface area contributed by atoms with E-state index in [-0.39, 0.29) is 30.7 Å². The largest absolute Gasteiger partial charge is 0.467 e. The molecule has 0 radical (unpaired) electrons. The minimum atomic E-state index is -0.889. The van der Waals surface area contributed by atoms with Crippen LogP contribution in [-0.2, 0) is 27.3 Å². The van der Waals surface area contributed by atoms with Crippen molar-refractivity contribution in [1.29, 1.82) is 0 Å². The lowest BCUT2D eigenvalue weighted by Crippen LogP contribution is -2.43. The number of carbonyl (C=O) groups excluding carboxylic acids is 3. The van der Waals surface area contributed by atoms with Crippen molar-refractivity contribution in [2.75, 3.05) is 5.32 Å². The number of para-hydroxylation sites is 1. The number of nitrogens with one attached hydrogen (secondary N) is 2. The van der Waals surface area contributed by atoms with E-state index in [0.29, 0.717) is 40.1 Å². The van der Waals surface area contributed by atoms with E-state index in [9.17, 15) is 14.4 Å². The van der Waals surface area contributed by atoms with E-state index < -0.39 is 11.3 Å². The van der Waals surface area contributed by atoms with Gasteiger partial charge in [-0.3, -0.25) is 19.4 Å². The number of aryl methyl sites for hydroxylation is 1. The second-order valence-electron chi connectivity index (χ2n) is 9.17. The van der Waals surface area contributed by atoms with Crippen LogP contribution in [0.1, 0.15) is 43.6 Å². The minimum absolute atomic E-state index is 0.106. The number of nitrogens with zero attached hydrogens (tertiary/aromatic N) is 3. The maximum Gasteiger partial charge on any atom is 0.259 e. The highest BCUT2D eigenvalue weighted by molar-refractivity contribution is 8.15. The fourth-order valence-corrected chi connectivity index (χ4v) is 5.38. The summed E-state index contributed by atoms with van der Waals surface area (Å²) >= 11 is 1.22. The predicted octanol–water partition coefficient (Wildman–Crippen LogP) is 4.66. The molecule has 2 aliphatic rings. The maximum absolute atomic E-state index is 13.5. The van der Waals surface area contributed by atoms with Crippen LogP contribution >= 0.6 is 11.8 Å². The molecule has 0 saturated carbocycles. The van der Waals surface area contributed by atoms with Crippen LogP contribution in [-0.4, -0.2) is 44.9 Å². The third-order valence-electron chi connectivity index (χ3n) is 6.51. The van der Waals surface area contributed by atoms with E-state index in [4.69, 9.17) is 9.41 Å². The summed E-state index contributed by atoms with van der Waals surface area (Å²) in [6, 6.07) is 17.8. The van der Waals surface area contributed by atoms with Gasteiger partial charge in [-0.15, -0.1) is 0 Å². The van der Waals surface area contributed by atoms with E-state index >= 15 is 0 Å². The van der Waals surface area contributed by atoms with Crippen LogP contribution in [0.4, 0.5) is 11.4 Å². The number of benzene rings is 2. The average Bonchev–Trinajstić information content (AvgIpc) is 3.59. The van der Waals surface area contributed by atoms with Crippen molar-refractivity contribution in [1.82, 2.24) is 10.2 Å². The summed E-state index contributed by atoms with van der Waals surface area (Å²) in [4.78, 5) is 50.2. The summed E-state index contributed by atoms with van der Waals surface area (Å²) in [7, 11) is 0. The second kappa shape index (κ2) is 11.7. The van der Waals surface area contributed by atoms with E-state index in [0.717, 1.165) is 6.42 Å². The minimum Gasteiger partial charge on any atom is -0.467 e. The molecule has 200 valence electrons. The number of hydrogen-bond donors (Lipinski definition) is 2. The Hall–Kier alpha value is -4.18. The van der Waals surface area contributed by atoms with Crippen molar-refractivity contribution in [2.45, 2.75) is 50.9 Å². The zero-order valence-electron chi connectivity index (χ0n) is 21.7. The van der Waals surface area contributed by atoms with E-state index in [1.54, 1.807) is 12.1 Å². The highest BCUT2D eigenvalue weighted by Crippen LogP contribution is 2.35. The zero-order chi connectivity index (χ0) is 27.4. The lowest BCUT2D eigenvalue weighted by molar-refractivity contribution is -0.128. The summed E-state index contributed by atoms with van der Waals surface area (Å²) in [5.41, 5.74) is 3.28. The smallest absolute Gasteiger partial charge is 0.259 e. The topological polar surface area (TPSA) is 116 Å². The molecule has 1 aromatic heterocycles. The summed E-state index contributed by atoms with van der Waals surface area (Å²) in [5, 5.41) is 5.62. The molecule has 3 amide bonds. The van der Waals surface area contributed by atoms with Gasteiger partial charge in [0.2, 0.25) is 11.8 Å². The number of rotatable bonds is 9. The van der Waals surface area contributed by atoms with Gasteiger partial charge in [-0.25, -0.2) is 9.89 Å². The molecule has 9 nitrogen and oxygen atoms in total. The molecule has 0 saturated heterocycles. The van der Waals surface area contributed by atoms with Crippen molar-refractivity contribution in [3.8, 4) is 0 Å². The summed E-state index contributed by atoms with van der Waals surface area (Å²) in [5.74, 6) is 0.238. The first-order valence-electron chi connectivity index (χ1n) is 12.9. The molecule has 2 atom stereocenters. The normalized spacial score (nSPS) is 16.6. The molecular formula is C29H29N5O4S. The summed E-state index contributed by atoms with van der Waals surface area (Å²) < 4.78 is 5.25. The van der Waals surface area contributed by atoms with Gasteiger partial charge in [0.15, 0.2) is 5.17 Å². The quantitative estimate of drug-likeness (QED) is 0.407. The van der Waals surface area contributed by atoms with Gasteiger partial charge in [-0.2, -0.15) is 0 Å². The van der Waals surface area contributed by atoms with Crippen molar-refractivity contribution in [2.24, 2.45) is 9.98 Å². The maximum atomic E-state index is 13.5. The molecule has 3 aromatic rings. The summed E-state index contributed by atoms with van der Waals surface area (Å²) in [6.45, 7) is 4.23. The summed E-state index contributed by atoms with van der Waals surface area (Å²) in [6.07, 6.45) is 2.87. The molecule has 0 aliphatic carbocycles. The lowest BCUT2D eigenvalue weighted by atomic mass is 10.1. The van der Waals surface area contributed by atoms with Crippen molar-refractivity contribution < 1.29 is 18.8 Å². The van der Waals surface area contributed by atoms with Crippen LogP contribution in [0.2, 0.25) is 0 Å². The number of anilines is 1. The van der Waals surface area contributed by atoms with Crippen LogP contribution in [0.5, 0.6) is 0 Å². The molecule has 0 unspecified atom stereocenters. The molecule has 39 heavy (non-hydrogen) atoms. The monoisotopic (exact) mass is 543 g/mol. The molecule has 2 aliphatic heterocycles. The molecule has 0 bridgehead atoms. The van der Waals surface area contributed by atoms with E-state index in [1.807, 2.05) is 55.5 Å². The van der Waals surface area contributed by atoms with Gasteiger partial charge in [-0.05, 0) is 54.8 Å². The first kappa shape index (κ1) is 26.4. The fraction of sp³-hybridized carbons (Fsp3) is 0.276. The molecule has 10 heteroatoms. The predicted molar refractivity (Wildman–Crippen MR) is 152 cm³/mol. The first-order chi connectivity index (χ1) is 19.0. The van der Waals surface area contributed by atoms with Crippen molar-refractivity contribution in [3.63, 3.8) is 0 Å². The third kappa shape index (κ3) is 5.80. The van der Waals surface area contributed by atoms with Crippen molar-refractivity contribution in [3.05, 3.63) is 83.8 Å². The number of thioether (sulfide) groups is 1.